The number of ether oxygens (including phenoxy) is 2. The first-order valence-electron chi connectivity index (χ1n) is 8.44. The number of rotatable bonds is 4. The molecule has 5 nitrogen and oxygen atoms in total. The average Bonchev–Trinajstić information content (AvgIpc) is 2.43. The topological polar surface area (TPSA) is 76.0 Å². The van der Waals surface area contributed by atoms with Crippen molar-refractivity contribution in [3.63, 3.8) is 0 Å². The molecule has 2 aromatic rings. The van der Waals surface area contributed by atoms with Crippen molar-refractivity contribution in [2.24, 2.45) is 0 Å². The molecule has 0 unspecified atom stereocenters. The fourth-order valence-electron chi connectivity index (χ4n) is 2.37. The van der Waals surface area contributed by atoms with Crippen LogP contribution in [0.3, 0.4) is 0 Å². The third-order valence-electron chi connectivity index (χ3n) is 3.25. The van der Waals surface area contributed by atoms with Crippen molar-refractivity contribution in [1.82, 2.24) is 0 Å². The van der Waals surface area contributed by atoms with Gasteiger partial charge in [-0.15, -0.1) is 0 Å². The van der Waals surface area contributed by atoms with Crippen LogP contribution in [-0.4, -0.2) is 27.2 Å². The molecular formula is C21H26O5. The van der Waals surface area contributed by atoms with E-state index in [1.54, 1.807) is 0 Å². The fourth-order valence-corrected chi connectivity index (χ4v) is 2.37. The summed E-state index contributed by atoms with van der Waals surface area (Å²) in [7, 11) is 0. The highest BCUT2D eigenvalue weighted by atomic mass is 16.5. The van der Waals surface area contributed by atoms with E-state index in [2.05, 4.69) is 0 Å². The second kappa shape index (κ2) is 6.90. The summed E-state index contributed by atoms with van der Waals surface area (Å²) in [5, 5.41) is 19.6. The maximum absolute atomic E-state index is 13.2. The number of ketones is 1. The van der Waals surface area contributed by atoms with Crippen molar-refractivity contribution in [2.75, 3.05) is 0 Å². The molecule has 0 aromatic heterocycles. The van der Waals surface area contributed by atoms with Gasteiger partial charge in [0.05, 0.1) is 11.1 Å². The summed E-state index contributed by atoms with van der Waals surface area (Å²) in [6.07, 6.45) is 0. The Hall–Kier alpha value is -2.69. The molecule has 2 N–H and O–H groups in total. The van der Waals surface area contributed by atoms with Crippen LogP contribution >= 0.6 is 0 Å². The number of phenols is 2. The van der Waals surface area contributed by atoms with Gasteiger partial charge in [-0.3, -0.25) is 4.79 Å². The quantitative estimate of drug-likeness (QED) is 0.776. The Kier molecular flexibility index (Phi) is 5.21. The van der Waals surface area contributed by atoms with Crippen molar-refractivity contribution >= 4 is 5.78 Å². The zero-order chi connectivity index (χ0) is 19.7. The Morgan fingerprint density at radius 2 is 1.08 bits per heavy atom. The van der Waals surface area contributed by atoms with E-state index in [1.807, 2.05) is 41.5 Å². The van der Waals surface area contributed by atoms with Gasteiger partial charge < -0.3 is 19.7 Å². The Balaban J connectivity index is 2.53. The van der Waals surface area contributed by atoms with E-state index in [4.69, 9.17) is 9.47 Å². The molecule has 2 rings (SSSR count). The molecule has 0 atom stereocenters. The average molecular weight is 358 g/mol. The van der Waals surface area contributed by atoms with Crippen molar-refractivity contribution in [2.45, 2.75) is 52.7 Å². The summed E-state index contributed by atoms with van der Waals surface area (Å²) in [5.41, 5.74) is -0.463. The molecule has 0 saturated heterocycles. The number of benzene rings is 2. The maximum atomic E-state index is 13.2. The standard InChI is InChI=1S/C21H26O5/c1-20(2,3)25-17-11-13(22)7-9-15(17)19(24)16-10-8-14(23)12-18(16)26-21(4,5)6/h7-12,22-23H,1-6H3. The van der Waals surface area contributed by atoms with Crippen LogP contribution in [0.15, 0.2) is 36.4 Å². The van der Waals surface area contributed by atoms with Gasteiger partial charge in [0.2, 0.25) is 0 Å². The molecule has 2 aromatic carbocycles. The minimum absolute atomic E-state index is 0.0117. The summed E-state index contributed by atoms with van der Waals surface area (Å²) in [4.78, 5) is 13.2. The molecular weight excluding hydrogens is 332 g/mol. The van der Waals surface area contributed by atoms with E-state index < -0.39 is 11.2 Å². The SMILES string of the molecule is CC(C)(C)Oc1cc(O)ccc1C(=O)c1ccc(O)cc1OC(C)(C)C. The highest BCUT2D eigenvalue weighted by Gasteiger charge is 2.24. The molecule has 0 aliphatic rings. The molecule has 0 heterocycles. The minimum atomic E-state index is -0.539. The molecule has 0 saturated carbocycles. The highest BCUT2D eigenvalue weighted by molar-refractivity contribution is 6.12. The van der Waals surface area contributed by atoms with Crippen LogP contribution in [0.4, 0.5) is 0 Å². The van der Waals surface area contributed by atoms with Crippen LogP contribution in [0.2, 0.25) is 0 Å². The first-order chi connectivity index (χ1) is 11.9. The Labute approximate surface area is 154 Å². The Bertz CT molecular complexity index is 743. The summed E-state index contributed by atoms with van der Waals surface area (Å²) in [5.74, 6) is 0.286. The van der Waals surface area contributed by atoms with Gasteiger partial charge in [0.25, 0.3) is 0 Å². The molecule has 26 heavy (non-hydrogen) atoms. The normalized spacial score (nSPS) is 11.9. The lowest BCUT2D eigenvalue weighted by Crippen LogP contribution is -2.25. The van der Waals surface area contributed by atoms with Gasteiger partial charge in [0, 0.05) is 12.1 Å². The van der Waals surface area contributed by atoms with Crippen LogP contribution in [0, 0.1) is 0 Å². The maximum Gasteiger partial charge on any atom is 0.200 e. The van der Waals surface area contributed by atoms with Gasteiger partial charge in [-0.1, -0.05) is 0 Å². The summed E-state index contributed by atoms with van der Waals surface area (Å²) < 4.78 is 11.7. The minimum Gasteiger partial charge on any atom is -0.508 e. The number of carbonyl (C=O) groups excluding carboxylic acids is 1. The predicted molar refractivity (Wildman–Crippen MR) is 100 cm³/mol. The van der Waals surface area contributed by atoms with Gasteiger partial charge in [-0.2, -0.15) is 0 Å². The molecule has 5 heteroatoms. The lowest BCUT2D eigenvalue weighted by atomic mass is 10.00. The zero-order valence-corrected chi connectivity index (χ0v) is 16.1. The van der Waals surface area contributed by atoms with Crippen LogP contribution in [0.1, 0.15) is 57.5 Å². The van der Waals surface area contributed by atoms with E-state index in [1.165, 1.54) is 36.4 Å². The van der Waals surface area contributed by atoms with Crippen LogP contribution in [-0.2, 0) is 0 Å². The summed E-state index contributed by atoms with van der Waals surface area (Å²) >= 11 is 0. The van der Waals surface area contributed by atoms with Gasteiger partial charge >= 0.3 is 0 Å². The number of carbonyl (C=O) groups is 1. The second-order valence-corrected chi connectivity index (χ2v) is 8.12. The van der Waals surface area contributed by atoms with E-state index >= 15 is 0 Å². The first kappa shape index (κ1) is 19.6. The van der Waals surface area contributed by atoms with Crippen molar-refractivity contribution < 1.29 is 24.5 Å². The molecule has 0 spiro atoms. The number of hydrogen-bond acceptors (Lipinski definition) is 5. The van der Waals surface area contributed by atoms with Crippen LogP contribution in [0.5, 0.6) is 23.0 Å². The van der Waals surface area contributed by atoms with Crippen LogP contribution < -0.4 is 9.47 Å². The highest BCUT2D eigenvalue weighted by Crippen LogP contribution is 2.34. The van der Waals surface area contributed by atoms with Crippen molar-refractivity contribution in [3.8, 4) is 23.0 Å². The van der Waals surface area contributed by atoms with Gasteiger partial charge in [-0.05, 0) is 65.8 Å². The van der Waals surface area contributed by atoms with E-state index in [0.717, 1.165) is 0 Å². The van der Waals surface area contributed by atoms with Gasteiger partial charge in [-0.25, -0.2) is 0 Å². The zero-order valence-electron chi connectivity index (χ0n) is 16.1. The second-order valence-electron chi connectivity index (χ2n) is 8.12. The smallest absolute Gasteiger partial charge is 0.200 e. The van der Waals surface area contributed by atoms with Crippen molar-refractivity contribution in [1.29, 1.82) is 0 Å². The first-order valence-corrected chi connectivity index (χ1v) is 8.44. The van der Waals surface area contributed by atoms with E-state index in [9.17, 15) is 15.0 Å². The third-order valence-corrected chi connectivity index (χ3v) is 3.25. The molecule has 0 radical (unpaired) electrons. The third kappa shape index (κ3) is 5.15. The van der Waals surface area contributed by atoms with Gasteiger partial charge in [0.15, 0.2) is 5.78 Å². The Morgan fingerprint density at radius 1 is 0.731 bits per heavy atom. The molecule has 0 aliphatic heterocycles. The van der Waals surface area contributed by atoms with Crippen LogP contribution in [0.25, 0.3) is 0 Å². The fraction of sp³-hybridized carbons (Fsp3) is 0.381. The Morgan fingerprint density at radius 3 is 1.38 bits per heavy atom. The predicted octanol–water partition coefficient (Wildman–Crippen LogP) is 4.68. The molecule has 140 valence electrons. The van der Waals surface area contributed by atoms with E-state index in [0.29, 0.717) is 11.1 Å². The van der Waals surface area contributed by atoms with Gasteiger partial charge in [0.1, 0.15) is 34.2 Å². The molecule has 0 amide bonds. The monoisotopic (exact) mass is 358 g/mol. The number of phenolic OH excluding ortho intramolecular Hbond substituents is 2. The lowest BCUT2D eigenvalue weighted by Gasteiger charge is -2.25. The van der Waals surface area contributed by atoms with Crippen molar-refractivity contribution in [3.05, 3.63) is 47.5 Å². The molecule has 0 fully saturated rings. The molecule has 0 aliphatic carbocycles. The summed E-state index contributed by atoms with van der Waals surface area (Å²) in [6, 6.07) is 8.76. The number of aromatic hydroxyl groups is 2. The molecule has 0 bridgehead atoms. The van der Waals surface area contributed by atoms with E-state index in [-0.39, 0.29) is 28.8 Å². The number of hydrogen-bond donors (Lipinski definition) is 2. The summed E-state index contributed by atoms with van der Waals surface area (Å²) in [6.45, 7) is 11.2. The lowest BCUT2D eigenvalue weighted by molar-refractivity contribution is 0.0990. The largest absolute Gasteiger partial charge is 0.508 e.